The molecule has 1 unspecified atom stereocenters. The van der Waals surface area contributed by atoms with Gasteiger partial charge in [0.1, 0.15) is 0 Å². The fraction of sp³-hybridized carbons (Fsp3) is 0.474. The number of ether oxygens (including phenoxy) is 2. The average molecular weight is 347 g/mol. The molecule has 0 saturated carbocycles. The molecule has 0 saturated heterocycles. The quantitative estimate of drug-likeness (QED) is 0.820. The first-order valence-corrected chi connectivity index (χ1v) is 8.38. The van der Waals surface area contributed by atoms with Crippen LogP contribution in [0.4, 0.5) is 0 Å². The summed E-state index contributed by atoms with van der Waals surface area (Å²) in [6, 6.07) is 4.62. The molecule has 0 spiro atoms. The summed E-state index contributed by atoms with van der Waals surface area (Å²) >= 11 is 0. The van der Waals surface area contributed by atoms with Crippen LogP contribution < -0.4 is 9.47 Å². The number of carbonyl (C=O) groups is 2. The molecule has 0 bridgehead atoms. The topological polar surface area (TPSA) is 76.1 Å². The minimum Gasteiger partial charge on any atom is -0.503 e. The first kappa shape index (κ1) is 18.8. The highest BCUT2D eigenvalue weighted by Gasteiger charge is 2.44. The lowest BCUT2D eigenvalue weighted by Crippen LogP contribution is -2.32. The number of para-hydroxylation sites is 1. The highest BCUT2D eigenvalue weighted by molar-refractivity contribution is 6.09. The predicted octanol–water partition coefficient (Wildman–Crippen LogP) is 3.03. The van der Waals surface area contributed by atoms with Gasteiger partial charge in [0.2, 0.25) is 0 Å². The highest BCUT2D eigenvalue weighted by atomic mass is 16.5. The van der Waals surface area contributed by atoms with Crippen LogP contribution in [0.5, 0.6) is 11.5 Å². The van der Waals surface area contributed by atoms with Gasteiger partial charge in [0.25, 0.3) is 5.91 Å². The van der Waals surface area contributed by atoms with Crippen LogP contribution in [0.25, 0.3) is 0 Å². The number of carbonyl (C=O) groups excluding carboxylic acids is 2. The number of aliphatic hydroxyl groups is 1. The van der Waals surface area contributed by atoms with Crippen LogP contribution in [0.15, 0.2) is 29.5 Å². The zero-order chi connectivity index (χ0) is 18.7. The maximum Gasteiger partial charge on any atom is 0.290 e. The fourth-order valence-corrected chi connectivity index (χ4v) is 3.14. The number of hydrogen-bond donors (Lipinski definition) is 1. The van der Waals surface area contributed by atoms with Gasteiger partial charge in [-0.2, -0.15) is 0 Å². The second kappa shape index (κ2) is 7.59. The monoisotopic (exact) mass is 347 g/mol. The lowest BCUT2D eigenvalue weighted by atomic mass is 9.90. The van der Waals surface area contributed by atoms with Crippen LogP contribution in [0.1, 0.15) is 38.8 Å². The smallest absolute Gasteiger partial charge is 0.290 e. The number of ketones is 1. The third-order valence-corrected chi connectivity index (χ3v) is 4.29. The van der Waals surface area contributed by atoms with E-state index in [1.54, 1.807) is 32.0 Å². The van der Waals surface area contributed by atoms with Gasteiger partial charge in [0.05, 0.1) is 25.8 Å². The Labute approximate surface area is 148 Å². The number of amides is 1. The predicted molar refractivity (Wildman–Crippen MR) is 93.8 cm³/mol. The van der Waals surface area contributed by atoms with Crippen molar-refractivity contribution in [1.82, 2.24) is 4.90 Å². The van der Waals surface area contributed by atoms with Gasteiger partial charge in [-0.3, -0.25) is 9.59 Å². The van der Waals surface area contributed by atoms with Gasteiger partial charge >= 0.3 is 0 Å². The van der Waals surface area contributed by atoms with E-state index in [1.165, 1.54) is 19.1 Å². The van der Waals surface area contributed by atoms with Crippen molar-refractivity contribution in [1.29, 1.82) is 0 Å². The summed E-state index contributed by atoms with van der Waals surface area (Å²) in [5.74, 6) is -0.632. The SMILES string of the molecule is CCCN1C(=O)C(O)=C(C(=O)C(C)C)C1c1cccc(OC)c1OC. The van der Waals surface area contributed by atoms with E-state index >= 15 is 0 Å². The minimum absolute atomic E-state index is 0.125. The molecule has 6 heteroatoms. The molecule has 2 rings (SSSR count). The van der Waals surface area contributed by atoms with Crippen molar-refractivity contribution in [2.24, 2.45) is 5.92 Å². The van der Waals surface area contributed by atoms with Crippen molar-refractivity contribution >= 4 is 11.7 Å². The third-order valence-electron chi connectivity index (χ3n) is 4.29. The van der Waals surface area contributed by atoms with Crippen molar-refractivity contribution in [3.8, 4) is 11.5 Å². The molecular formula is C19H25NO5. The largest absolute Gasteiger partial charge is 0.503 e. The van der Waals surface area contributed by atoms with Crippen LogP contribution in [0.2, 0.25) is 0 Å². The van der Waals surface area contributed by atoms with Gasteiger partial charge in [-0.05, 0) is 12.5 Å². The van der Waals surface area contributed by atoms with E-state index in [2.05, 4.69) is 0 Å². The molecule has 0 fully saturated rings. The molecule has 136 valence electrons. The second-order valence-corrected chi connectivity index (χ2v) is 6.27. The number of rotatable bonds is 7. The summed E-state index contributed by atoms with van der Waals surface area (Å²) in [5.41, 5.74) is 0.747. The van der Waals surface area contributed by atoms with Crippen LogP contribution >= 0.6 is 0 Å². The second-order valence-electron chi connectivity index (χ2n) is 6.27. The summed E-state index contributed by atoms with van der Waals surface area (Å²) in [6.45, 7) is 5.85. The van der Waals surface area contributed by atoms with E-state index in [4.69, 9.17) is 9.47 Å². The summed E-state index contributed by atoms with van der Waals surface area (Å²) in [7, 11) is 3.04. The standard InChI is InChI=1S/C19H25NO5/c1-6-10-20-15(12-8-7-9-13(24-4)18(12)25-5)14(16(21)11(2)3)17(22)19(20)23/h7-9,11,15,22H,6,10H2,1-5H3. The zero-order valence-electron chi connectivity index (χ0n) is 15.3. The molecule has 1 atom stereocenters. The average Bonchev–Trinajstić information content (AvgIpc) is 2.85. The van der Waals surface area contributed by atoms with Crippen molar-refractivity contribution in [3.63, 3.8) is 0 Å². The van der Waals surface area contributed by atoms with E-state index in [0.717, 1.165) is 0 Å². The molecule has 1 aliphatic rings. The number of Topliss-reactive ketones (excluding diaryl/α,β-unsaturated/α-hetero) is 1. The molecule has 1 heterocycles. The van der Waals surface area contributed by atoms with Gasteiger partial charge < -0.3 is 19.5 Å². The fourth-order valence-electron chi connectivity index (χ4n) is 3.14. The molecule has 1 aliphatic heterocycles. The lowest BCUT2D eigenvalue weighted by molar-refractivity contribution is -0.129. The Morgan fingerprint density at radius 1 is 1.28 bits per heavy atom. The molecular weight excluding hydrogens is 322 g/mol. The first-order valence-electron chi connectivity index (χ1n) is 8.38. The maximum absolute atomic E-state index is 12.7. The number of aliphatic hydroxyl groups excluding tert-OH is 1. The van der Waals surface area contributed by atoms with Crippen molar-refractivity contribution in [2.75, 3.05) is 20.8 Å². The third kappa shape index (κ3) is 3.21. The Morgan fingerprint density at radius 3 is 2.48 bits per heavy atom. The van der Waals surface area contributed by atoms with E-state index < -0.39 is 17.7 Å². The minimum atomic E-state index is -0.688. The number of methoxy groups -OCH3 is 2. The van der Waals surface area contributed by atoms with E-state index in [0.29, 0.717) is 30.0 Å². The molecule has 1 aromatic rings. The molecule has 0 radical (unpaired) electrons. The van der Waals surface area contributed by atoms with Crippen molar-refractivity contribution in [2.45, 2.75) is 33.2 Å². The number of hydrogen-bond acceptors (Lipinski definition) is 5. The van der Waals surface area contributed by atoms with Crippen LogP contribution in [-0.4, -0.2) is 42.5 Å². The van der Waals surface area contributed by atoms with Gasteiger partial charge in [0, 0.05) is 18.0 Å². The Balaban J connectivity index is 2.69. The van der Waals surface area contributed by atoms with Gasteiger partial charge in [-0.25, -0.2) is 0 Å². The Bertz CT molecular complexity index is 708. The molecule has 6 nitrogen and oxygen atoms in total. The molecule has 1 N–H and O–H groups in total. The van der Waals surface area contributed by atoms with E-state index in [9.17, 15) is 14.7 Å². The van der Waals surface area contributed by atoms with E-state index in [-0.39, 0.29) is 17.3 Å². The first-order chi connectivity index (χ1) is 11.9. The number of benzene rings is 1. The van der Waals surface area contributed by atoms with Crippen molar-refractivity contribution in [3.05, 3.63) is 35.1 Å². The van der Waals surface area contributed by atoms with Crippen LogP contribution in [0.3, 0.4) is 0 Å². The molecule has 0 aromatic heterocycles. The zero-order valence-corrected chi connectivity index (χ0v) is 15.3. The van der Waals surface area contributed by atoms with Gasteiger partial charge in [-0.15, -0.1) is 0 Å². The molecule has 25 heavy (non-hydrogen) atoms. The summed E-state index contributed by atoms with van der Waals surface area (Å²) < 4.78 is 10.8. The van der Waals surface area contributed by atoms with Crippen LogP contribution in [-0.2, 0) is 9.59 Å². The Hall–Kier alpha value is -2.50. The lowest BCUT2D eigenvalue weighted by Gasteiger charge is -2.28. The number of nitrogens with zero attached hydrogens (tertiary/aromatic N) is 1. The van der Waals surface area contributed by atoms with Crippen molar-refractivity contribution < 1.29 is 24.2 Å². The Kier molecular flexibility index (Phi) is 5.72. The molecule has 1 amide bonds. The summed E-state index contributed by atoms with van der Waals surface area (Å²) in [4.78, 5) is 26.8. The van der Waals surface area contributed by atoms with Gasteiger partial charge in [-0.1, -0.05) is 32.9 Å². The van der Waals surface area contributed by atoms with E-state index in [1.807, 2.05) is 6.92 Å². The molecule has 1 aromatic carbocycles. The normalized spacial score (nSPS) is 17.4. The van der Waals surface area contributed by atoms with Gasteiger partial charge in [0.15, 0.2) is 23.0 Å². The summed E-state index contributed by atoms with van der Waals surface area (Å²) in [6.07, 6.45) is 0.699. The Morgan fingerprint density at radius 2 is 1.96 bits per heavy atom. The summed E-state index contributed by atoms with van der Waals surface area (Å²) in [5, 5.41) is 10.4. The maximum atomic E-state index is 12.7. The molecule has 0 aliphatic carbocycles. The highest BCUT2D eigenvalue weighted by Crippen LogP contribution is 2.45. The van der Waals surface area contributed by atoms with Crippen LogP contribution in [0, 0.1) is 5.92 Å².